The van der Waals surface area contributed by atoms with Gasteiger partial charge in [-0.1, -0.05) is 12.1 Å². The van der Waals surface area contributed by atoms with Gasteiger partial charge in [0.15, 0.2) is 0 Å². The second kappa shape index (κ2) is 6.12. The van der Waals surface area contributed by atoms with Gasteiger partial charge in [-0.3, -0.25) is 0 Å². The van der Waals surface area contributed by atoms with E-state index in [1.54, 1.807) is 0 Å². The predicted molar refractivity (Wildman–Crippen MR) is 69.6 cm³/mol. The van der Waals surface area contributed by atoms with Crippen LogP contribution in [0.2, 0.25) is 0 Å². The monoisotopic (exact) mass is 241 g/mol. The molecule has 0 bridgehead atoms. The van der Waals surface area contributed by atoms with Crippen LogP contribution in [0.3, 0.4) is 0 Å². The largest absolute Gasteiger partial charge is 0.493 e. The zero-order chi connectivity index (χ0) is 10.7. The first-order valence-electron chi connectivity index (χ1n) is 5.66. The minimum Gasteiger partial charge on any atom is -0.493 e. The summed E-state index contributed by atoms with van der Waals surface area (Å²) >= 11 is 0. The van der Waals surface area contributed by atoms with Gasteiger partial charge in [-0.05, 0) is 44.0 Å². The van der Waals surface area contributed by atoms with Crippen LogP contribution < -0.4 is 10.1 Å². The minimum absolute atomic E-state index is 0. The Balaban J connectivity index is 0.00000128. The van der Waals surface area contributed by atoms with Crippen molar-refractivity contribution in [2.24, 2.45) is 5.92 Å². The smallest absolute Gasteiger partial charge is 0.122 e. The summed E-state index contributed by atoms with van der Waals surface area (Å²) in [6.07, 6.45) is 1.24. The van der Waals surface area contributed by atoms with Crippen LogP contribution in [0.15, 0.2) is 18.2 Å². The molecule has 2 rings (SSSR count). The van der Waals surface area contributed by atoms with Crippen molar-refractivity contribution < 1.29 is 4.74 Å². The number of hydrogen-bond donors (Lipinski definition) is 1. The van der Waals surface area contributed by atoms with E-state index >= 15 is 0 Å². The average molecular weight is 242 g/mol. The lowest BCUT2D eigenvalue weighted by Crippen LogP contribution is -2.15. The summed E-state index contributed by atoms with van der Waals surface area (Å²) in [6.45, 7) is 7.29. The molecule has 1 aliphatic heterocycles. The van der Waals surface area contributed by atoms with Crippen LogP contribution in [0.25, 0.3) is 0 Å². The third kappa shape index (κ3) is 3.39. The van der Waals surface area contributed by atoms with E-state index in [2.05, 4.69) is 37.4 Å². The molecule has 0 saturated carbocycles. The number of halogens is 1. The summed E-state index contributed by atoms with van der Waals surface area (Å²) in [4.78, 5) is 0. The first-order chi connectivity index (χ1) is 7.25. The molecule has 0 amide bonds. The fourth-order valence-electron chi connectivity index (χ4n) is 1.93. The Morgan fingerprint density at radius 1 is 1.38 bits per heavy atom. The highest BCUT2D eigenvalue weighted by atomic mass is 35.5. The van der Waals surface area contributed by atoms with Crippen LogP contribution in [0.5, 0.6) is 5.75 Å². The number of ether oxygens (including phenoxy) is 1. The Kier molecular flexibility index (Phi) is 5.10. The molecule has 1 unspecified atom stereocenters. The van der Waals surface area contributed by atoms with Gasteiger partial charge in [0.25, 0.3) is 0 Å². The molecule has 3 heteroatoms. The normalized spacial score (nSPS) is 19.2. The van der Waals surface area contributed by atoms with Gasteiger partial charge in [0.2, 0.25) is 0 Å². The zero-order valence-electron chi connectivity index (χ0n) is 9.95. The lowest BCUT2D eigenvalue weighted by molar-refractivity contribution is 0.258. The Labute approximate surface area is 104 Å². The Bertz CT molecular complexity index is 335. The number of benzene rings is 1. The highest BCUT2D eigenvalue weighted by Crippen LogP contribution is 2.20. The molecule has 0 aliphatic carbocycles. The summed E-state index contributed by atoms with van der Waals surface area (Å²) in [6, 6.07) is 6.37. The number of hydrogen-bond acceptors (Lipinski definition) is 2. The molecule has 1 heterocycles. The van der Waals surface area contributed by atoms with Crippen molar-refractivity contribution in [2.45, 2.75) is 20.3 Å². The van der Waals surface area contributed by atoms with E-state index in [0.29, 0.717) is 5.92 Å². The first kappa shape index (κ1) is 13.3. The van der Waals surface area contributed by atoms with Gasteiger partial charge in [0, 0.05) is 12.5 Å². The van der Waals surface area contributed by atoms with Crippen LogP contribution >= 0.6 is 12.4 Å². The molecule has 2 nitrogen and oxygen atoms in total. The molecule has 1 N–H and O–H groups in total. The fourth-order valence-corrected chi connectivity index (χ4v) is 1.93. The van der Waals surface area contributed by atoms with Gasteiger partial charge >= 0.3 is 0 Å². The maximum atomic E-state index is 5.86. The van der Waals surface area contributed by atoms with Crippen molar-refractivity contribution in [3.8, 4) is 5.75 Å². The van der Waals surface area contributed by atoms with Crippen molar-refractivity contribution in [3.05, 3.63) is 29.3 Å². The van der Waals surface area contributed by atoms with Gasteiger partial charge in [0.05, 0.1) is 6.61 Å². The predicted octanol–water partition coefficient (Wildman–Crippen LogP) is 2.71. The van der Waals surface area contributed by atoms with Crippen molar-refractivity contribution in [3.63, 3.8) is 0 Å². The topological polar surface area (TPSA) is 21.3 Å². The summed E-state index contributed by atoms with van der Waals surface area (Å²) in [5.74, 6) is 1.73. The molecule has 1 fully saturated rings. The molecular weight excluding hydrogens is 222 g/mol. The van der Waals surface area contributed by atoms with Crippen LogP contribution in [0.4, 0.5) is 0 Å². The number of nitrogens with one attached hydrogen (secondary N) is 1. The highest BCUT2D eigenvalue weighted by Gasteiger charge is 2.15. The molecule has 16 heavy (non-hydrogen) atoms. The van der Waals surface area contributed by atoms with Crippen molar-refractivity contribution in [1.82, 2.24) is 5.32 Å². The maximum absolute atomic E-state index is 5.86. The van der Waals surface area contributed by atoms with Crippen LogP contribution in [-0.4, -0.2) is 19.7 Å². The van der Waals surface area contributed by atoms with Gasteiger partial charge < -0.3 is 10.1 Å². The van der Waals surface area contributed by atoms with E-state index in [9.17, 15) is 0 Å². The lowest BCUT2D eigenvalue weighted by atomic mass is 10.1. The van der Waals surface area contributed by atoms with E-state index in [4.69, 9.17) is 4.74 Å². The molecule has 1 aromatic rings. The molecule has 1 atom stereocenters. The molecule has 1 aromatic carbocycles. The van der Waals surface area contributed by atoms with Crippen molar-refractivity contribution in [1.29, 1.82) is 0 Å². The van der Waals surface area contributed by atoms with E-state index in [1.807, 2.05) is 0 Å². The van der Waals surface area contributed by atoms with E-state index < -0.39 is 0 Å². The Hall–Kier alpha value is -0.730. The summed E-state index contributed by atoms with van der Waals surface area (Å²) < 4.78 is 5.86. The molecule has 1 saturated heterocycles. The average Bonchev–Trinajstić information content (AvgIpc) is 2.72. The minimum atomic E-state index is 0. The maximum Gasteiger partial charge on any atom is 0.122 e. The van der Waals surface area contributed by atoms with Crippen molar-refractivity contribution >= 4 is 12.4 Å². The molecule has 0 aromatic heterocycles. The lowest BCUT2D eigenvalue weighted by Gasteiger charge is -2.13. The molecular formula is C13H20ClNO. The third-order valence-electron chi connectivity index (χ3n) is 2.98. The van der Waals surface area contributed by atoms with E-state index in [-0.39, 0.29) is 12.4 Å². The van der Waals surface area contributed by atoms with Crippen LogP contribution in [0.1, 0.15) is 17.5 Å². The Morgan fingerprint density at radius 2 is 2.19 bits per heavy atom. The fraction of sp³-hybridized carbons (Fsp3) is 0.538. The standard InChI is InChI=1S/C13H19NO.ClH/c1-10-3-4-11(2)13(7-10)15-9-12-5-6-14-8-12;/h3-4,7,12,14H,5-6,8-9H2,1-2H3;1H. The molecule has 0 radical (unpaired) electrons. The Morgan fingerprint density at radius 3 is 2.88 bits per heavy atom. The third-order valence-corrected chi connectivity index (χ3v) is 2.98. The summed E-state index contributed by atoms with van der Waals surface area (Å²) in [5, 5.41) is 3.35. The van der Waals surface area contributed by atoms with Crippen molar-refractivity contribution in [2.75, 3.05) is 19.7 Å². The van der Waals surface area contributed by atoms with Gasteiger partial charge in [-0.15, -0.1) is 12.4 Å². The zero-order valence-corrected chi connectivity index (χ0v) is 10.8. The first-order valence-corrected chi connectivity index (χ1v) is 5.66. The van der Waals surface area contributed by atoms with Crippen LogP contribution in [0, 0.1) is 19.8 Å². The second-order valence-electron chi connectivity index (χ2n) is 4.44. The van der Waals surface area contributed by atoms with Gasteiger partial charge in [-0.2, -0.15) is 0 Å². The SMILES string of the molecule is Cc1ccc(C)c(OCC2CCNC2)c1.Cl. The quantitative estimate of drug-likeness (QED) is 0.879. The highest BCUT2D eigenvalue weighted by molar-refractivity contribution is 5.85. The summed E-state index contributed by atoms with van der Waals surface area (Å²) in [5.41, 5.74) is 2.49. The molecule has 90 valence electrons. The summed E-state index contributed by atoms with van der Waals surface area (Å²) in [7, 11) is 0. The van der Waals surface area contributed by atoms with Crippen LogP contribution in [-0.2, 0) is 0 Å². The number of aryl methyl sites for hydroxylation is 2. The van der Waals surface area contributed by atoms with E-state index in [1.165, 1.54) is 17.5 Å². The number of rotatable bonds is 3. The molecule has 0 spiro atoms. The van der Waals surface area contributed by atoms with Gasteiger partial charge in [0.1, 0.15) is 5.75 Å². The molecule has 1 aliphatic rings. The van der Waals surface area contributed by atoms with Gasteiger partial charge in [-0.25, -0.2) is 0 Å². The second-order valence-corrected chi connectivity index (χ2v) is 4.44. The van der Waals surface area contributed by atoms with E-state index in [0.717, 1.165) is 25.4 Å².